The van der Waals surface area contributed by atoms with Gasteiger partial charge in [0.25, 0.3) is 0 Å². The SMILES string of the molecule is Cc1cc(C)c(COc2ccc(C#N)cc2Cl)c(C)c1. The van der Waals surface area contributed by atoms with Crippen LogP contribution in [0.5, 0.6) is 5.75 Å². The standard InChI is InChI=1S/C17H16ClNO/c1-11-6-12(2)15(13(3)7-11)10-20-17-5-4-14(9-19)8-16(17)18/h4-8H,10H2,1-3H3. The number of halogens is 1. The fourth-order valence-corrected chi connectivity index (χ4v) is 2.51. The third-order valence-corrected chi connectivity index (χ3v) is 3.57. The van der Waals surface area contributed by atoms with Crippen molar-refractivity contribution >= 4 is 11.6 Å². The summed E-state index contributed by atoms with van der Waals surface area (Å²) in [6, 6.07) is 11.4. The fourth-order valence-electron chi connectivity index (χ4n) is 2.27. The van der Waals surface area contributed by atoms with Crippen LogP contribution in [0.25, 0.3) is 0 Å². The minimum Gasteiger partial charge on any atom is -0.487 e. The summed E-state index contributed by atoms with van der Waals surface area (Å²) in [4.78, 5) is 0. The second-order valence-electron chi connectivity index (χ2n) is 4.92. The first-order chi connectivity index (χ1) is 9.51. The van der Waals surface area contributed by atoms with Gasteiger partial charge in [0.2, 0.25) is 0 Å². The van der Waals surface area contributed by atoms with E-state index in [2.05, 4.69) is 39.0 Å². The van der Waals surface area contributed by atoms with Gasteiger partial charge in [0.15, 0.2) is 0 Å². The van der Waals surface area contributed by atoms with Crippen LogP contribution < -0.4 is 4.74 Å². The molecule has 0 fully saturated rings. The van der Waals surface area contributed by atoms with Gasteiger partial charge in [-0.2, -0.15) is 5.26 Å². The van der Waals surface area contributed by atoms with Gasteiger partial charge < -0.3 is 4.74 Å². The Hall–Kier alpha value is -1.98. The van der Waals surface area contributed by atoms with Crippen molar-refractivity contribution in [1.29, 1.82) is 5.26 Å². The van der Waals surface area contributed by atoms with Crippen molar-refractivity contribution in [1.82, 2.24) is 0 Å². The zero-order chi connectivity index (χ0) is 14.7. The summed E-state index contributed by atoms with van der Waals surface area (Å²) in [6.07, 6.45) is 0. The van der Waals surface area contributed by atoms with Crippen molar-refractivity contribution in [3.8, 4) is 11.8 Å². The number of nitrogens with zero attached hydrogens (tertiary/aromatic N) is 1. The van der Waals surface area contributed by atoms with E-state index in [9.17, 15) is 0 Å². The monoisotopic (exact) mass is 285 g/mol. The number of aryl methyl sites for hydroxylation is 3. The van der Waals surface area contributed by atoms with Crippen molar-refractivity contribution in [3.05, 3.63) is 63.2 Å². The molecular weight excluding hydrogens is 270 g/mol. The van der Waals surface area contributed by atoms with E-state index in [0.717, 1.165) is 0 Å². The van der Waals surface area contributed by atoms with E-state index in [4.69, 9.17) is 21.6 Å². The van der Waals surface area contributed by atoms with Crippen LogP contribution in [0.2, 0.25) is 5.02 Å². The molecule has 0 aliphatic carbocycles. The molecule has 0 aromatic heterocycles. The predicted molar refractivity (Wildman–Crippen MR) is 81.2 cm³/mol. The highest BCUT2D eigenvalue weighted by atomic mass is 35.5. The number of benzene rings is 2. The van der Waals surface area contributed by atoms with Crippen LogP contribution in [0.1, 0.15) is 27.8 Å². The minimum atomic E-state index is 0.464. The Morgan fingerprint density at radius 3 is 2.30 bits per heavy atom. The van der Waals surface area contributed by atoms with Crippen LogP contribution in [0.4, 0.5) is 0 Å². The number of hydrogen-bond acceptors (Lipinski definition) is 2. The van der Waals surface area contributed by atoms with Crippen LogP contribution in [0.3, 0.4) is 0 Å². The first kappa shape index (κ1) is 14.4. The van der Waals surface area contributed by atoms with Gasteiger partial charge in [0.05, 0.1) is 16.7 Å². The minimum absolute atomic E-state index is 0.464. The van der Waals surface area contributed by atoms with Gasteiger partial charge in [-0.1, -0.05) is 29.3 Å². The maximum Gasteiger partial charge on any atom is 0.138 e. The summed E-state index contributed by atoms with van der Waals surface area (Å²) in [7, 11) is 0. The van der Waals surface area contributed by atoms with Gasteiger partial charge in [0.1, 0.15) is 12.4 Å². The normalized spacial score (nSPS) is 10.2. The first-order valence-electron chi connectivity index (χ1n) is 6.40. The van der Waals surface area contributed by atoms with Crippen LogP contribution in [-0.4, -0.2) is 0 Å². The molecule has 2 rings (SSSR count). The molecule has 2 nitrogen and oxygen atoms in total. The zero-order valence-corrected chi connectivity index (χ0v) is 12.6. The average Bonchev–Trinajstić information content (AvgIpc) is 2.39. The van der Waals surface area contributed by atoms with Crippen LogP contribution in [0.15, 0.2) is 30.3 Å². The van der Waals surface area contributed by atoms with Crippen molar-refractivity contribution < 1.29 is 4.74 Å². The third kappa shape index (κ3) is 3.12. The lowest BCUT2D eigenvalue weighted by molar-refractivity contribution is 0.305. The maximum absolute atomic E-state index is 8.81. The lowest BCUT2D eigenvalue weighted by atomic mass is 10.0. The Morgan fingerprint density at radius 2 is 1.75 bits per heavy atom. The Balaban J connectivity index is 2.20. The molecule has 0 amide bonds. The first-order valence-corrected chi connectivity index (χ1v) is 6.78. The van der Waals surface area contributed by atoms with E-state index in [1.54, 1.807) is 18.2 Å². The van der Waals surface area contributed by atoms with Gasteiger partial charge >= 0.3 is 0 Å². The Labute approximate surface area is 124 Å². The molecule has 0 atom stereocenters. The predicted octanol–water partition coefficient (Wildman–Crippen LogP) is 4.72. The molecule has 2 aromatic rings. The van der Waals surface area contributed by atoms with Crippen LogP contribution in [0, 0.1) is 32.1 Å². The highest BCUT2D eigenvalue weighted by Gasteiger charge is 2.07. The summed E-state index contributed by atoms with van der Waals surface area (Å²) < 4.78 is 5.78. The Bertz CT molecular complexity index is 663. The fraction of sp³-hybridized carbons (Fsp3) is 0.235. The number of rotatable bonds is 3. The van der Waals surface area contributed by atoms with E-state index in [0.29, 0.717) is 22.9 Å². The zero-order valence-electron chi connectivity index (χ0n) is 11.8. The maximum atomic E-state index is 8.81. The number of ether oxygens (including phenoxy) is 1. The van der Waals surface area contributed by atoms with Crippen LogP contribution >= 0.6 is 11.6 Å². The van der Waals surface area contributed by atoms with Crippen molar-refractivity contribution in [3.63, 3.8) is 0 Å². The van der Waals surface area contributed by atoms with Crippen molar-refractivity contribution in [2.45, 2.75) is 27.4 Å². The van der Waals surface area contributed by atoms with Crippen LogP contribution in [-0.2, 0) is 6.61 Å². The van der Waals surface area contributed by atoms with Crippen molar-refractivity contribution in [2.75, 3.05) is 0 Å². The molecule has 2 aromatic carbocycles. The molecule has 0 heterocycles. The summed E-state index contributed by atoms with van der Waals surface area (Å²) in [5.74, 6) is 0.602. The molecule has 0 spiro atoms. The van der Waals surface area contributed by atoms with Gasteiger partial charge in [0, 0.05) is 0 Å². The Kier molecular flexibility index (Phi) is 4.32. The quantitative estimate of drug-likeness (QED) is 0.818. The lowest BCUT2D eigenvalue weighted by Gasteiger charge is -2.13. The van der Waals surface area contributed by atoms with E-state index < -0.39 is 0 Å². The summed E-state index contributed by atoms with van der Waals surface area (Å²) >= 11 is 6.10. The average molecular weight is 286 g/mol. The van der Waals surface area contributed by atoms with E-state index in [1.807, 2.05) is 0 Å². The third-order valence-electron chi connectivity index (χ3n) is 3.27. The smallest absolute Gasteiger partial charge is 0.138 e. The number of nitriles is 1. The molecule has 0 radical (unpaired) electrons. The Morgan fingerprint density at radius 1 is 1.10 bits per heavy atom. The van der Waals surface area contributed by atoms with E-state index in [-0.39, 0.29) is 0 Å². The summed E-state index contributed by atoms with van der Waals surface area (Å²) in [6.45, 7) is 6.73. The van der Waals surface area contributed by atoms with Gasteiger partial charge in [-0.3, -0.25) is 0 Å². The van der Waals surface area contributed by atoms with Gasteiger partial charge in [-0.05, 0) is 55.7 Å². The van der Waals surface area contributed by atoms with Gasteiger partial charge in [-0.15, -0.1) is 0 Å². The molecule has 0 bridgehead atoms. The van der Waals surface area contributed by atoms with E-state index in [1.165, 1.54) is 22.3 Å². The second-order valence-corrected chi connectivity index (χ2v) is 5.33. The molecule has 0 saturated carbocycles. The van der Waals surface area contributed by atoms with Gasteiger partial charge in [-0.25, -0.2) is 0 Å². The number of hydrogen-bond donors (Lipinski definition) is 0. The van der Waals surface area contributed by atoms with Crippen molar-refractivity contribution in [2.24, 2.45) is 0 Å². The molecule has 0 aliphatic rings. The van der Waals surface area contributed by atoms with E-state index >= 15 is 0 Å². The second kappa shape index (κ2) is 5.98. The molecule has 102 valence electrons. The highest BCUT2D eigenvalue weighted by Crippen LogP contribution is 2.27. The topological polar surface area (TPSA) is 33.0 Å². The molecule has 0 N–H and O–H groups in total. The summed E-state index contributed by atoms with van der Waals surface area (Å²) in [5.41, 5.74) is 5.39. The molecular formula is C17H16ClNO. The largest absolute Gasteiger partial charge is 0.487 e. The molecule has 20 heavy (non-hydrogen) atoms. The molecule has 3 heteroatoms. The lowest BCUT2D eigenvalue weighted by Crippen LogP contribution is -2.01. The molecule has 0 unspecified atom stereocenters. The highest BCUT2D eigenvalue weighted by molar-refractivity contribution is 6.32. The molecule has 0 saturated heterocycles. The molecule has 0 aliphatic heterocycles. The summed E-state index contributed by atoms with van der Waals surface area (Å²) in [5, 5.41) is 9.27.